The van der Waals surface area contributed by atoms with Crippen LogP contribution in [-0.2, 0) is 5.41 Å². The fraction of sp³-hybridized carbons (Fsp3) is 0.0638. The zero-order valence-corrected chi connectivity index (χ0v) is 27.7. The Bertz CT molecular complexity index is 3030. The Morgan fingerprint density at radius 3 is 1.82 bits per heavy atom. The van der Waals surface area contributed by atoms with E-state index >= 15 is 0 Å². The predicted molar refractivity (Wildman–Crippen MR) is 208 cm³/mol. The number of rotatable bonds is 3. The molecule has 0 atom stereocenters. The van der Waals surface area contributed by atoms with E-state index in [4.69, 9.17) is 8.83 Å². The summed E-state index contributed by atoms with van der Waals surface area (Å²) in [6, 6.07) is 54.6. The average molecular weight is 642 g/mol. The molecule has 0 saturated heterocycles. The van der Waals surface area contributed by atoms with Crippen LogP contribution in [0.4, 0.5) is 17.1 Å². The lowest BCUT2D eigenvalue weighted by Crippen LogP contribution is -2.14. The van der Waals surface area contributed by atoms with Crippen LogP contribution >= 0.6 is 0 Å². The number of furan rings is 2. The van der Waals surface area contributed by atoms with Gasteiger partial charge in [-0.2, -0.15) is 0 Å². The number of hydrogen-bond acceptors (Lipinski definition) is 3. The summed E-state index contributed by atoms with van der Waals surface area (Å²) in [4.78, 5) is 2.35. The Kier molecular flexibility index (Phi) is 5.45. The quantitative estimate of drug-likeness (QED) is 0.180. The van der Waals surface area contributed by atoms with Crippen LogP contribution in [0.3, 0.4) is 0 Å². The first-order valence-electron chi connectivity index (χ1n) is 17.3. The summed E-state index contributed by atoms with van der Waals surface area (Å²) in [6.45, 7) is 4.71. The van der Waals surface area contributed by atoms with Gasteiger partial charge in [0.1, 0.15) is 22.3 Å². The number of fused-ring (bicyclic) bond motifs is 13. The van der Waals surface area contributed by atoms with Gasteiger partial charge in [0.25, 0.3) is 0 Å². The molecule has 0 unspecified atom stereocenters. The molecule has 0 bridgehead atoms. The van der Waals surface area contributed by atoms with Crippen molar-refractivity contribution in [1.82, 2.24) is 0 Å². The first-order chi connectivity index (χ1) is 24.5. The minimum absolute atomic E-state index is 0.0727. The summed E-state index contributed by atoms with van der Waals surface area (Å²) in [5.41, 5.74) is 12.1. The van der Waals surface area contributed by atoms with Gasteiger partial charge in [-0.25, -0.2) is 0 Å². The molecular weight excluding hydrogens is 611 g/mol. The first kappa shape index (κ1) is 27.6. The van der Waals surface area contributed by atoms with Crippen molar-refractivity contribution in [3.63, 3.8) is 0 Å². The van der Waals surface area contributed by atoms with Crippen LogP contribution in [0.25, 0.3) is 76.5 Å². The molecule has 0 amide bonds. The number of hydrogen-bond donors (Lipinski definition) is 0. The summed E-state index contributed by atoms with van der Waals surface area (Å²) in [5, 5.41) is 9.47. The van der Waals surface area contributed by atoms with Gasteiger partial charge in [0.2, 0.25) is 0 Å². The molecule has 0 N–H and O–H groups in total. The van der Waals surface area contributed by atoms with Crippen LogP contribution in [0.1, 0.15) is 25.0 Å². The summed E-state index contributed by atoms with van der Waals surface area (Å²) in [6.07, 6.45) is 0. The van der Waals surface area contributed by atoms with E-state index in [1.165, 1.54) is 43.8 Å². The molecule has 11 rings (SSSR count). The summed E-state index contributed by atoms with van der Waals surface area (Å²) < 4.78 is 12.7. The summed E-state index contributed by atoms with van der Waals surface area (Å²) >= 11 is 0. The molecule has 3 heteroatoms. The minimum atomic E-state index is -0.0727. The van der Waals surface area contributed by atoms with E-state index in [9.17, 15) is 0 Å². The topological polar surface area (TPSA) is 29.5 Å². The Balaban J connectivity index is 1.20. The molecule has 0 radical (unpaired) electrons. The second-order valence-corrected chi connectivity index (χ2v) is 14.1. The molecule has 236 valence electrons. The normalized spacial score (nSPS) is 13.6. The SMILES string of the molecule is CC1(C)c2ccccc2-c2c1ccc1ccc3ccc(N(c4ccc5c(c4)oc4ccccc45)c4ccc5oc6ccccc6c5c4)cc3c21. The largest absolute Gasteiger partial charge is 0.456 e. The lowest BCUT2D eigenvalue weighted by atomic mass is 9.82. The molecule has 1 aliphatic carbocycles. The van der Waals surface area contributed by atoms with E-state index in [1.54, 1.807) is 0 Å². The highest BCUT2D eigenvalue weighted by atomic mass is 16.3. The van der Waals surface area contributed by atoms with Crippen LogP contribution in [-0.4, -0.2) is 0 Å². The van der Waals surface area contributed by atoms with Crippen LogP contribution in [0.5, 0.6) is 0 Å². The maximum absolute atomic E-state index is 6.42. The molecule has 0 fully saturated rings. The molecular formula is C47H31NO2. The average Bonchev–Trinajstić information content (AvgIpc) is 3.79. The predicted octanol–water partition coefficient (Wildman–Crippen LogP) is 13.6. The molecule has 50 heavy (non-hydrogen) atoms. The van der Waals surface area contributed by atoms with E-state index in [0.717, 1.165) is 60.9 Å². The van der Waals surface area contributed by atoms with Gasteiger partial charge in [-0.05, 0) is 98.4 Å². The fourth-order valence-corrected chi connectivity index (χ4v) is 8.62. The Morgan fingerprint density at radius 1 is 0.420 bits per heavy atom. The molecule has 8 aromatic carbocycles. The van der Waals surface area contributed by atoms with E-state index in [1.807, 2.05) is 24.3 Å². The molecule has 2 heterocycles. The third kappa shape index (κ3) is 3.75. The molecule has 3 nitrogen and oxygen atoms in total. The minimum Gasteiger partial charge on any atom is -0.456 e. The highest BCUT2D eigenvalue weighted by Crippen LogP contribution is 2.53. The van der Waals surface area contributed by atoms with Crippen molar-refractivity contribution in [3.05, 3.63) is 163 Å². The van der Waals surface area contributed by atoms with Gasteiger partial charge in [-0.15, -0.1) is 0 Å². The van der Waals surface area contributed by atoms with Crippen LogP contribution in [0, 0.1) is 0 Å². The first-order valence-corrected chi connectivity index (χ1v) is 17.3. The van der Waals surface area contributed by atoms with Gasteiger partial charge < -0.3 is 13.7 Å². The molecule has 0 aliphatic heterocycles. The highest BCUT2D eigenvalue weighted by Gasteiger charge is 2.36. The van der Waals surface area contributed by atoms with Crippen molar-refractivity contribution in [3.8, 4) is 11.1 Å². The molecule has 2 aromatic heterocycles. The fourth-order valence-electron chi connectivity index (χ4n) is 8.62. The number of nitrogens with zero attached hydrogens (tertiary/aromatic N) is 1. The number of anilines is 3. The van der Waals surface area contributed by atoms with Crippen LogP contribution < -0.4 is 4.90 Å². The number of para-hydroxylation sites is 2. The second kappa shape index (κ2) is 9.87. The standard InChI is InChI=1S/C47H31NO2/c1-47(2)39-12-6-3-11-36(39)46-40(47)23-18-29-16-15-28-17-19-30(25-37(28)45(29)46)48(31-21-24-43-38(26-31)34-10-5-8-14-42(34)49-43)32-20-22-35-33-9-4-7-13-41(33)50-44(35)27-32/h3-27H,1-2H3. The van der Waals surface area contributed by atoms with Crippen molar-refractivity contribution >= 4 is 82.5 Å². The van der Waals surface area contributed by atoms with Crippen LogP contribution in [0.2, 0.25) is 0 Å². The van der Waals surface area contributed by atoms with Gasteiger partial charge in [0, 0.05) is 50.1 Å². The van der Waals surface area contributed by atoms with Crippen molar-refractivity contribution in [2.24, 2.45) is 0 Å². The third-order valence-corrected chi connectivity index (χ3v) is 11.0. The van der Waals surface area contributed by atoms with Gasteiger partial charge in [-0.3, -0.25) is 0 Å². The number of benzene rings is 8. The van der Waals surface area contributed by atoms with Crippen molar-refractivity contribution in [2.45, 2.75) is 19.3 Å². The van der Waals surface area contributed by atoms with E-state index < -0.39 is 0 Å². The summed E-state index contributed by atoms with van der Waals surface area (Å²) in [7, 11) is 0. The van der Waals surface area contributed by atoms with Gasteiger partial charge >= 0.3 is 0 Å². The smallest absolute Gasteiger partial charge is 0.137 e. The van der Waals surface area contributed by atoms with E-state index in [2.05, 4.69) is 146 Å². The van der Waals surface area contributed by atoms with Crippen LogP contribution in [0.15, 0.2) is 160 Å². The van der Waals surface area contributed by atoms with Crippen molar-refractivity contribution < 1.29 is 8.83 Å². The summed E-state index contributed by atoms with van der Waals surface area (Å²) in [5.74, 6) is 0. The molecule has 1 aliphatic rings. The molecule has 10 aromatic rings. The Labute approximate surface area is 288 Å². The van der Waals surface area contributed by atoms with Gasteiger partial charge in [0.05, 0.1) is 0 Å². The molecule has 0 spiro atoms. The van der Waals surface area contributed by atoms with Gasteiger partial charge in [0.15, 0.2) is 0 Å². The third-order valence-electron chi connectivity index (χ3n) is 11.0. The Hall–Kier alpha value is -6.32. The van der Waals surface area contributed by atoms with E-state index in [-0.39, 0.29) is 5.41 Å². The zero-order chi connectivity index (χ0) is 33.1. The highest BCUT2D eigenvalue weighted by molar-refractivity contribution is 6.17. The van der Waals surface area contributed by atoms with Gasteiger partial charge in [-0.1, -0.05) is 105 Å². The zero-order valence-electron chi connectivity index (χ0n) is 27.7. The Morgan fingerprint density at radius 2 is 0.980 bits per heavy atom. The maximum atomic E-state index is 6.42. The van der Waals surface area contributed by atoms with Crippen molar-refractivity contribution in [2.75, 3.05) is 4.90 Å². The lowest BCUT2D eigenvalue weighted by Gasteiger charge is -2.26. The lowest BCUT2D eigenvalue weighted by molar-refractivity contribution is 0.661. The van der Waals surface area contributed by atoms with Crippen molar-refractivity contribution in [1.29, 1.82) is 0 Å². The molecule has 0 saturated carbocycles. The second-order valence-electron chi connectivity index (χ2n) is 14.1. The monoisotopic (exact) mass is 641 g/mol. The van der Waals surface area contributed by atoms with E-state index in [0.29, 0.717) is 0 Å². The maximum Gasteiger partial charge on any atom is 0.137 e.